The van der Waals surface area contributed by atoms with E-state index in [4.69, 9.17) is 30.8 Å². The summed E-state index contributed by atoms with van der Waals surface area (Å²) in [6.45, 7) is 6.36. The molecule has 1 fully saturated rings. The zero-order valence-corrected chi connectivity index (χ0v) is 24.0. The van der Waals surface area contributed by atoms with E-state index in [1.807, 2.05) is 18.7 Å². The molecule has 0 unspecified atom stereocenters. The molecule has 14 heteroatoms. The van der Waals surface area contributed by atoms with Crippen LogP contribution in [0.5, 0.6) is 5.75 Å². The number of likely N-dealkylation sites (N-methyl/N-ethyl adjacent to an activating group) is 1. The van der Waals surface area contributed by atoms with E-state index in [1.54, 1.807) is 32.2 Å². The number of piperazine rings is 1. The Kier molecular flexibility index (Phi) is 9.94. The van der Waals surface area contributed by atoms with E-state index in [1.165, 1.54) is 4.90 Å². The van der Waals surface area contributed by atoms with Crippen molar-refractivity contribution in [1.29, 1.82) is 0 Å². The highest BCUT2D eigenvalue weighted by atomic mass is 35.5. The van der Waals surface area contributed by atoms with Crippen molar-refractivity contribution in [3.8, 4) is 28.4 Å². The first-order chi connectivity index (χ1) is 19.6. The van der Waals surface area contributed by atoms with Crippen molar-refractivity contribution in [3.63, 3.8) is 0 Å². The Morgan fingerprint density at radius 1 is 1.17 bits per heavy atom. The number of aliphatic hydroxyl groups excluding tert-OH is 1. The molecule has 0 saturated carbocycles. The van der Waals surface area contributed by atoms with Crippen LogP contribution in [0.1, 0.15) is 17.0 Å². The number of aliphatic hydroxyl groups is 1. The number of halogens is 3. The quantitative estimate of drug-likeness (QED) is 0.357. The van der Waals surface area contributed by atoms with Gasteiger partial charge < -0.3 is 34.2 Å². The lowest BCUT2D eigenvalue weighted by Gasteiger charge is -2.35. The summed E-state index contributed by atoms with van der Waals surface area (Å²) in [4.78, 5) is 25.4. The fourth-order valence-corrected chi connectivity index (χ4v) is 4.78. The summed E-state index contributed by atoms with van der Waals surface area (Å²) in [5.74, 6) is 2.04. The van der Waals surface area contributed by atoms with Gasteiger partial charge in [-0.2, -0.15) is 0 Å². The molecule has 0 spiro atoms. The number of aryl methyl sites for hydroxylation is 2. The smallest absolute Gasteiger partial charge is 0.410 e. The van der Waals surface area contributed by atoms with Gasteiger partial charge in [0.1, 0.15) is 30.0 Å². The predicted molar refractivity (Wildman–Crippen MR) is 149 cm³/mol. The van der Waals surface area contributed by atoms with Crippen molar-refractivity contribution in [1.82, 2.24) is 25.3 Å². The standard InChI is InChI=1S/C27H33ClF2N6O5/c1-15-24(23-16(2)34-41-17(23)3)32-25(20-11-19(5-6-21(20)28)39-13-18(37)12-31-4)33-26(15)35-7-9-36(10-8-35)27(38)40-14-22(29)30/h5-6,11,18,22,31,37H,7-10,12-14H2,1-4H3/t18-/m1/s1. The molecule has 3 aromatic rings. The lowest BCUT2D eigenvalue weighted by atomic mass is 10.0. The number of nitrogens with one attached hydrogen (secondary N) is 1. The fourth-order valence-electron chi connectivity index (χ4n) is 4.58. The van der Waals surface area contributed by atoms with Crippen LogP contribution < -0.4 is 15.0 Å². The SMILES string of the molecule is CNC[C@@H](O)COc1ccc(Cl)c(-c2nc(-c3c(C)noc3C)c(C)c(N3CCN(C(=O)OCC(F)F)CC3)n2)c1. The Morgan fingerprint density at radius 3 is 2.54 bits per heavy atom. The van der Waals surface area contributed by atoms with E-state index in [-0.39, 0.29) is 19.7 Å². The van der Waals surface area contributed by atoms with Crippen molar-refractivity contribution in [2.75, 3.05) is 57.9 Å². The van der Waals surface area contributed by atoms with Gasteiger partial charge in [0.2, 0.25) is 0 Å². The summed E-state index contributed by atoms with van der Waals surface area (Å²) in [5.41, 5.74) is 3.31. The third-order valence-electron chi connectivity index (χ3n) is 6.62. The van der Waals surface area contributed by atoms with Crippen LogP contribution in [0.15, 0.2) is 22.7 Å². The molecular formula is C27H33ClF2N6O5. The van der Waals surface area contributed by atoms with Crippen LogP contribution in [0.4, 0.5) is 19.4 Å². The summed E-state index contributed by atoms with van der Waals surface area (Å²) < 4.78 is 40.8. The van der Waals surface area contributed by atoms with Crippen LogP contribution in [-0.2, 0) is 4.74 Å². The van der Waals surface area contributed by atoms with Crippen LogP contribution in [0, 0.1) is 20.8 Å². The summed E-state index contributed by atoms with van der Waals surface area (Å²) >= 11 is 6.62. The Morgan fingerprint density at radius 2 is 1.90 bits per heavy atom. The number of ether oxygens (including phenoxy) is 2. The highest BCUT2D eigenvalue weighted by molar-refractivity contribution is 6.33. The predicted octanol–water partition coefficient (Wildman–Crippen LogP) is 3.86. The molecule has 1 amide bonds. The average molecular weight is 595 g/mol. The van der Waals surface area contributed by atoms with E-state index < -0.39 is 25.2 Å². The summed E-state index contributed by atoms with van der Waals surface area (Å²) in [7, 11) is 1.74. The summed E-state index contributed by atoms with van der Waals surface area (Å²) in [6, 6.07) is 5.10. The van der Waals surface area contributed by atoms with Crippen molar-refractivity contribution in [3.05, 3.63) is 40.2 Å². The molecule has 1 aliphatic rings. The van der Waals surface area contributed by atoms with Gasteiger partial charge in [-0.3, -0.25) is 0 Å². The molecule has 4 rings (SSSR count). The van der Waals surface area contributed by atoms with E-state index in [0.717, 1.165) is 11.1 Å². The molecule has 1 aliphatic heterocycles. The van der Waals surface area contributed by atoms with Crippen molar-refractivity contribution < 1.29 is 32.7 Å². The highest BCUT2D eigenvalue weighted by Gasteiger charge is 2.28. The third-order valence-corrected chi connectivity index (χ3v) is 6.95. The Labute approximate surface area is 241 Å². The van der Waals surface area contributed by atoms with Gasteiger partial charge in [-0.25, -0.2) is 23.5 Å². The van der Waals surface area contributed by atoms with Crippen LogP contribution in [0.3, 0.4) is 0 Å². The lowest BCUT2D eigenvalue weighted by Crippen LogP contribution is -2.49. The first kappa shape index (κ1) is 30.4. The van der Waals surface area contributed by atoms with E-state index in [2.05, 4.69) is 15.2 Å². The lowest BCUT2D eigenvalue weighted by molar-refractivity contribution is 0.0311. The first-order valence-electron chi connectivity index (χ1n) is 13.1. The van der Waals surface area contributed by atoms with Gasteiger partial charge >= 0.3 is 6.09 Å². The number of anilines is 1. The topological polar surface area (TPSA) is 126 Å². The van der Waals surface area contributed by atoms with E-state index >= 15 is 0 Å². The fraction of sp³-hybridized carbons (Fsp3) is 0.481. The highest BCUT2D eigenvalue weighted by Crippen LogP contribution is 2.37. The van der Waals surface area contributed by atoms with Gasteiger partial charge in [0.25, 0.3) is 6.43 Å². The summed E-state index contributed by atoms with van der Waals surface area (Å²) in [5, 5.41) is 17.4. The minimum absolute atomic E-state index is 0.0796. The van der Waals surface area contributed by atoms with Gasteiger partial charge in [0.15, 0.2) is 12.4 Å². The van der Waals surface area contributed by atoms with Crippen LogP contribution in [-0.4, -0.2) is 96.7 Å². The minimum Gasteiger partial charge on any atom is -0.491 e. The number of aromatic nitrogens is 3. The van der Waals surface area contributed by atoms with Crippen molar-refractivity contribution >= 4 is 23.5 Å². The molecule has 41 heavy (non-hydrogen) atoms. The van der Waals surface area contributed by atoms with Gasteiger partial charge in [-0.15, -0.1) is 0 Å². The maximum absolute atomic E-state index is 12.5. The maximum atomic E-state index is 12.5. The second kappa shape index (κ2) is 13.4. The molecule has 2 N–H and O–H groups in total. The molecule has 1 aromatic carbocycles. The number of carbonyl (C=O) groups excluding carboxylic acids is 1. The van der Waals surface area contributed by atoms with Gasteiger partial charge in [0, 0.05) is 43.9 Å². The Balaban J connectivity index is 1.69. The molecule has 0 bridgehead atoms. The molecule has 3 heterocycles. The van der Waals surface area contributed by atoms with E-state index in [0.29, 0.717) is 64.8 Å². The normalized spacial score (nSPS) is 14.5. The maximum Gasteiger partial charge on any atom is 0.410 e. The molecular weight excluding hydrogens is 562 g/mol. The molecule has 0 radical (unpaired) electrons. The zero-order chi connectivity index (χ0) is 29.7. The van der Waals surface area contributed by atoms with Gasteiger partial charge in [-0.05, 0) is 46.0 Å². The molecule has 222 valence electrons. The first-order valence-corrected chi connectivity index (χ1v) is 13.5. The van der Waals surface area contributed by atoms with Crippen LogP contribution in [0.2, 0.25) is 5.02 Å². The molecule has 1 saturated heterocycles. The van der Waals surface area contributed by atoms with Crippen LogP contribution in [0.25, 0.3) is 22.6 Å². The Bertz CT molecular complexity index is 1350. The zero-order valence-electron chi connectivity index (χ0n) is 23.3. The second-order valence-corrected chi connectivity index (χ2v) is 10.1. The van der Waals surface area contributed by atoms with Crippen molar-refractivity contribution in [2.45, 2.75) is 33.3 Å². The monoisotopic (exact) mass is 594 g/mol. The molecule has 0 aliphatic carbocycles. The second-order valence-electron chi connectivity index (χ2n) is 9.65. The number of amides is 1. The number of hydrogen-bond acceptors (Lipinski definition) is 10. The number of rotatable bonds is 10. The van der Waals surface area contributed by atoms with Gasteiger partial charge in [0.05, 0.1) is 22.0 Å². The number of benzene rings is 1. The number of hydrogen-bond donors (Lipinski definition) is 2. The average Bonchev–Trinajstić information content (AvgIpc) is 3.29. The van der Waals surface area contributed by atoms with Crippen molar-refractivity contribution in [2.24, 2.45) is 0 Å². The number of alkyl halides is 2. The number of carbonyl (C=O) groups is 1. The largest absolute Gasteiger partial charge is 0.491 e. The summed E-state index contributed by atoms with van der Waals surface area (Å²) in [6.07, 6.45) is -4.19. The van der Waals surface area contributed by atoms with Crippen LogP contribution >= 0.6 is 11.6 Å². The van der Waals surface area contributed by atoms with E-state index in [9.17, 15) is 18.7 Å². The Hall–Kier alpha value is -3.55. The number of nitrogens with zero attached hydrogens (tertiary/aromatic N) is 5. The minimum atomic E-state index is -2.72. The molecule has 1 atom stereocenters. The molecule has 11 nitrogen and oxygen atoms in total. The molecule has 2 aromatic heterocycles. The third kappa shape index (κ3) is 7.21. The van der Waals surface area contributed by atoms with Gasteiger partial charge in [-0.1, -0.05) is 16.8 Å².